The number of carbonyl (C=O) groups is 2. The molecule has 0 bridgehead atoms. The second-order valence-electron chi connectivity index (χ2n) is 17.8. The van der Waals surface area contributed by atoms with Crippen LogP contribution < -0.4 is 4.89 Å². The van der Waals surface area contributed by atoms with Crippen LogP contribution in [-0.4, -0.2) is 70.0 Å². The number of phosphoric acid groups is 1. The van der Waals surface area contributed by atoms with E-state index in [1.165, 1.54) is 135 Å². The molecule has 348 valence electrons. The molecule has 2 atom stereocenters. The predicted octanol–water partition coefficient (Wildman–Crippen LogP) is 13.7. The van der Waals surface area contributed by atoms with Gasteiger partial charge in [0.2, 0.25) is 0 Å². The Labute approximate surface area is 364 Å². The second kappa shape index (κ2) is 41.8. The number of esters is 2. The Morgan fingerprint density at radius 2 is 0.915 bits per heavy atom. The lowest BCUT2D eigenvalue weighted by Crippen LogP contribution is -2.37. The highest BCUT2D eigenvalue weighted by atomic mass is 31.2. The van der Waals surface area contributed by atoms with Crippen LogP contribution in [0.3, 0.4) is 0 Å². The van der Waals surface area contributed by atoms with Crippen molar-refractivity contribution in [3.63, 3.8) is 0 Å². The third-order valence-electron chi connectivity index (χ3n) is 10.7. The van der Waals surface area contributed by atoms with Crippen molar-refractivity contribution in [2.45, 2.75) is 232 Å². The molecule has 0 spiro atoms. The van der Waals surface area contributed by atoms with Crippen LogP contribution in [-0.2, 0) is 32.7 Å². The Morgan fingerprint density at radius 3 is 1.37 bits per heavy atom. The highest BCUT2D eigenvalue weighted by Gasteiger charge is 2.21. The van der Waals surface area contributed by atoms with E-state index in [9.17, 15) is 19.0 Å². The van der Waals surface area contributed by atoms with Crippen LogP contribution in [0, 0.1) is 0 Å². The van der Waals surface area contributed by atoms with Crippen LogP contribution in [0.25, 0.3) is 0 Å². The molecule has 0 N–H and O–H groups in total. The van der Waals surface area contributed by atoms with Crippen molar-refractivity contribution in [3.05, 3.63) is 24.3 Å². The standard InChI is InChI=1S/C49H94NO8P/c1-6-8-10-12-14-16-18-20-22-23-24-25-26-28-30-32-34-36-38-40-42-49(52)58-47(46-57-59(53,54)56-44-43-50(3,4)5)45-55-48(51)41-39-37-35-33-31-29-27-21-19-17-15-13-11-9-7-2/h15,17,21,27,47H,6-14,16,18-20,22-26,28-46H2,1-5H3/b17-15+,27-21+/t47-/m1/s1. The summed E-state index contributed by atoms with van der Waals surface area (Å²) in [4.78, 5) is 37.6. The molecular weight excluding hydrogens is 762 g/mol. The number of nitrogens with zero attached hydrogens (tertiary/aromatic N) is 1. The van der Waals surface area contributed by atoms with Crippen LogP contribution in [0.2, 0.25) is 0 Å². The lowest BCUT2D eigenvalue weighted by molar-refractivity contribution is -0.870. The summed E-state index contributed by atoms with van der Waals surface area (Å²) in [5, 5.41) is 0. The lowest BCUT2D eigenvalue weighted by atomic mass is 10.0. The Balaban J connectivity index is 4.26. The Bertz CT molecular complexity index is 1060. The molecule has 0 fully saturated rings. The zero-order valence-corrected chi connectivity index (χ0v) is 40.1. The predicted molar refractivity (Wildman–Crippen MR) is 245 cm³/mol. The Morgan fingerprint density at radius 1 is 0.525 bits per heavy atom. The summed E-state index contributed by atoms with van der Waals surface area (Å²) in [5.74, 6) is -0.840. The third-order valence-corrected chi connectivity index (χ3v) is 11.7. The van der Waals surface area contributed by atoms with Gasteiger partial charge >= 0.3 is 11.9 Å². The molecule has 0 aromatic rings. The average molecular weight is 856 g/mol. The van der Waals surface area contributed by atoms with E-state index in [0.717, 1.165) is 51.4 Å². The summed E-state index contributed by atoms with van der Waals surface area (Å²) in [5.41, 5.74) is 0. The van der Waals surface area contributed by atoms with Gasteiger partial charge in [-0.3, -0.25) is 14.2 Å². The van der Waals surface area contributed by atoms with E-state index < -0.39 is 32.5 Å². The molecule has 0 aromatic carbocycles. The van der Waals surface area contributed by atoms with Gasteiger partial charge in [-0.1, -0.05) is 192 Å². The van der Waals surface area contributed by atoms with Crippen molar-refractivity contribution in [3.8, 4) is 0 Å². The molecule has 0 aliphatic rings. The number of phosphoric ester groups is 1. The minimum atomic E-state index is -4.63. The quantitative estimate of drug-likeness (QED) is 0.0196. The molecule has 0 heterocycles. The largest absolute Gasteiger partial charge is 0.756 e. The first-order chi connectivity index (χ1) is 28.5. The molecule has 0 saturated heterocycles. The zero-order valence-electron chi connectivity index (χ0n) is 39.2. The zero-order chi connectivity index (χ0) is 43.6. The fourth-order valence-corrected chi connectivity index (χ4v) is 7.59. The summed E-state index contributed by atoms with van der Waals surface area (Å²) in [6, 6.07) is 0. The summed E-state index contributed by atoms with van der Waals surface area (Å²) in [6.07, 6.45) is 46.3. The maximum atomic E-state index is 12.7. The number of allylic oxidation sites excluding steroid dienone is 4. The van der Waals surface area contributed by atoms with Gasteiger partial charge in [0.15, 0.2) is 6.10 Å². The maximum absolute atomic E-state index is 12.7. The lowest BCUT2D eigenvalue weighted by Gasteiger charge is -2.28. The van der Waals surface area contributed by atoms with E-state index in [4.69, 9.17) is 18.5 Å². The fraction of sp³-hybridized carbons (Fsp3) is 0.878. The van der Waals surface area contributed by atoms with Crippen LogP contribution in [0.5, 0.6) is 0 Å². The van der Waals surface area contributed by atoms with Crippen LogP contribution >= 0.6 is 7.82 Å². The average Bonchev–Trinajstić information content (AvgIpc) is 3.19. The minimum Gasteiger partial charge on any atom is -0.756 e. The van der Waals surface area contributed by atoms with Gasteiger partial charge in [-0.2, -0.15) is 0 Å². The van der Waals surface area contributed by atoms with Gasteiger partial charge in [0.05, 0.1) is 27.7 Å². The number of likely N-dealkylation sites (N-methyl/N-ethyl adjacent to an activating group) is 1. The van der Waals surface area contributed by atoms with Crippen molar-refractivity contribution in [1.29, 1.82) is 0 Å². The SMILES string of the molecule is CCCCC/C=C/C/C=C/CCCCCCCC(=O)OC[C@H](COP(=O)([O-])OCC[N+](C)(C)C)OC(=O)CCCCCCCCCCCCCCCCCCCCCC. The summed E-state index contributed by atoms with van der Waals surface area (Å²) in [6.45, 7) is 4.22. The smallest absolute Gasteiger partial charge is 0.306 e. The molecule has 0 saturated carbocycles. The van der Waals surface area contributed by atoms with Crippen molar-refractivity contribution >= 4 is 19.8 Å². The number of hydrogen-bond acceptors (Lipinski definition) is 8. The van der Waals surface area contributed by atoms with Crippen LogP contribution in [0.4, 0.5) is 0 Å². The van der Waals surface area contributed by atoms with Crippen LogP contribution in [0.15, 0.2) is 24.3 Å². The molecule has 0 rings (SSSR count). The number of rotatable bonds is 45. The van der Waals surface area contributed by atoms with Gasteiger partial charge in [-0.05, 0) is 44.9 Å². The van der Waals surface area contributed by atoms with Crippen molar-refractivity contribution in [2.24, 2.45) is 0 Å². The fourth-order valence-electron chi connectivity index (χ4n) is 6.86. The monoisotopic (exact) mass is 856 g/mol. The van der Waals surface area contributed by atoms with Gasteiger partial charge in [0, 0.05) is 12.8 Å². The number of quaternary nitrogens is 1. The summed E-state index contributed by atoms with van der Waals surface area (Å²) < 4.78 is 34.0. The van der Waals surface area contributed by atoms with Crippen molar-refractivity contribution in [2.75, 3.05) is 47.5 Å². The molecule has 10 heteroatoms. The molecule has 0 aliphatic heterocycles. The van der Waals surface area contributed by atoms with E-state index in [-0.39, 0.29) is 26.1 Å². The molecule has 1 unspecified atom stereocenters. The molecule has 0 aromatic heterocycles. The summed E-state index contributed by atoms with van der Waals surface area (Å²) >= 11 is 0. The number of carbonyl (C=O) groups excluding carboxylic acids is 2. The Hall–Kier alpha value is -1.51. The van der Waals surface area contributed by atoms with Gasteiger partial charge in [-0.25, -0.2) is 0 Å². The highest BCUT2D eigenvalue weighted by molar-refractivity contribution is 7.45. The van der Waals surface area contributed by atoms with Gasteiger partial charge in [0.1, 0.15) is 19.8 Å². The van der Waals surface area contributed by atoms with Crippen molar-refractivity contribution < 1.29 is 42.1 Å². The Kier molecular flexibility index (Phi) is 40.8. The molecule has 9 nitrogen and oxygen atoms in total. The minimum absolute atomic E-state index is 0.0310. The number of unbranched alkanes of at least 4 members (excludes halogenated alkanes) is 27. The first-order valence-electron chi connectivity index (χ1n) is 24.5. The number of ether oxygens (including phenoxy) is 2. The summed E-state index contributed by atoms with van der Waals surface area (Å²) in [7, 11) is 1.17. The normalized spacial score (nSPS) is 13.7. The number of hydrogen-bond donors (Lipinski definition) is 0. The van der Waals surface area contributed by atoms with Gasteiger partial charge in [0.25, 0.3) is 7.82 Å². The topological polar surface area (TPSA) is 111 Å². The van der Waals surface area contributed by atoms with E-state index in [0.29, 0.717) is 23.9 Å². The van der Waals surface area contributed by atoms with E-state index >= 15 is 0 Å². The first-order valence-corrected chi connectivity index (χ1v) is 26.0. The molecule has 0 aliphatic carbocycles. The van der Waals surface area contributed by atoms with Crippen molar-refractivity contribution in [1.82, 2.24) is 0 Å². The molecule has 0 radical (unpaired) electrons. The van der Waals surface area contributed by atoms with E-state index in [2.05, 4.69) is 38.2 Å². The van der Waals surface area contributed by atoms with Crippen LogP contribution in [0.1, 0.15) is 226 Å². The van der Waals surface area contributed by atoms with Gasteiger partial charge < -0.3 is 27.9 Å². The maximum Gasteiger partial charge on any atom is 0.306 e. The molecule has 0 amide bonds. The molecular formula is C49H94NO8P. The van der Waals surface area contributed by atoms with Gasteiger partial charge in [-0.15, -0.1) is 0 Å². The molecule has 59 heavy (non-hydrogen) atoms. The van der Waals surface area contributed by atoms with E-state index in [1.807, 2.05) is 21.1 Å². The van der Waals surface area contributed by atoms with E-state index in [1.54, 1.807) is 0 Å². The highest BCUT2D eigenvalue weighted by Crippen LogP contribution is 2.38. The second-order valence-corrected chi connectivity index (χ2v) is 19.2. The third kappa shape index (κ3) is 45.8. The first kappa shape index (κ1) is 57.5.